The number of rotatable bonds is 2. The highest BCUT2D eigenvalue weighted by Gasteiger charge is 2.38. The van der Waals surface area contributed by atoms with Crippen molar-refractivity contribution in [2.24, 2.45) is 0 Å². The Bertz CT molecular complexity index is 686. The van der Waals surface area contributed by atoms with Crippen molar-refractivity contribution in [1.29, 1.82) is 0 Å². The first-order chi connectivity index (χ1) is 9.93. The van der Waals surface area contributed by atoms with Gasteiger partial charge in [0.25, 0.3) is 0 Å². The minimum absolute atomic E-state index is 0.322. The summed E-state index contributed by atoms with van der Waals surface area (Å²) in [5.41, 5.74) is 0.0612. The van der Waals surface area contributed by atoms with Gasteiger partial charge in [0.2, 0.25) is 5.91 Å². The van der Waals surface area contributed by atoms with Crippen molar-refractivity contribution in [2.45, 2.75) is 45.0 Å². The van der Waals surface area contributed by atoms with Gasteiger partial charge in [0.05, 0.1) is 17.0 Å². The Balaban J connectivity index is 2.34. The smallest absolute Gasteiger partial charge is 0.242 e. The molecule has 122 valence electrons. The summed E-state index contributed by atoms with van der Waals surface area (Å²) in [5.74, 6) is -0.319. The van der Waals surface area contributed by atoms with E-state index in [-0.39, 0.29) is 0 Å². The van der Waals surface area contributed by atoms with Crippen LogP contribution in [0, 0.1) is 0 Å². The van der Waals surface area contributed by atoms with Gasteiger partial charge in [-0.2, -0.15) is 0 Å². The molecule has 0 saturated heterocycles. The number of carbonyl (C=O) groups excluding carboxylic acids is 1. The summed E-state index contributed by atoms with van der Waals surface area (Å²) in [6.45, 7) is 8.89. The largest absolute Gasteiger partial charge is 0.484 e. The average Bonchev–Trinajstić information content (AvgIpc) is 2.34. The van der Waals surface area contributed by atoms with E-state index in [0.29, 0.717) is 18.0 Å². The molecule has 1 aliphatic heterocycles. The van der Waals surface area contributed by atoms with Gasteiger partial charge in [-0.25, -0.2) is 8.42 Å². The maximum absolute atomic E-state index is 12.6. The number of hydrogen-bond donors (Lipinski definition) is 0. The van der Waals surface area contributed by atoms with Gasteiger partial charge in [0, 0.05) is 0 Å². The van der Waals surface area contributed by atoms with Gasteiger partial charge in [0.1, 0.15) is 17.1 Å². The molecule has 6 heteroatoms. The molecule has 0 spiro atoms. The molecule has 22 heavy (non-hydrogen) atoms. The lowest BCUT2D eigenvalue weighted by atomic mass is 10.1. The Hall–Kier alpha value is -1.56. The molecule has 1 aliphatic rings. The molecule has 0 atom stereocenters. The maximum atomic E-state index is 12.6. The molecule has 0 unspecified atom stereocenters. The molecule has 1 aromatic carbocycles. The van der Waals surface area contributed by atoms with Crippen molar-refractivity contribution >= 4 is 21.4 Å². The summed E-state index contributed by atoms with van der Waals surface area (Å²) in [5, 5.41) is 0. The fourth-order valence-corrected chi connectivity index (χ4v) is 3.16. The molecule has 0 aromatic heterocycles. The van der Waals surface area contributed by atoms with Crippen molar-refractivity contribution in [2.75, 3.05) is 17.2 Å². The Morgan fingerprint density at radius 3 is 2.45 bits per heavy atom. The highest BCUT2D eigenvalue weighted by Crippen LogP contribution is 2.36. The normalized spacial score (nSPS) is 17.6. The summed E-state index contributed by atoms with van der Waals surface area (Å²) in [7, 11) is -3.52. The van der Waals surface area contributed by atoms with Gasteiger partial charge in [0.15, 0.2) is 9.84 Å². The highest BCUT2D eigenvalue weighted by atomic mass is 32.2. The standard InChI is InChI=1S/C16H23NO4S/c1-15(2,3)22(19,20)10-14(18)17-11-16(4,5)21-13-9-7-6-8-12(13)17/h6-9H,10-11H2,1-5H3. The fraction of sp³-hybridized carbons (Fsp3) is 0.562. The zero-order valence-electron chi connectivity index (χ0n) is 13.7. The van der Waals surface area contributed by atoms with E-state index in [1.54, 1.807) is 39.0 Å². The molecule has 0 fully saturated rings. The molecule has 0 bridgehead atoms. The van der Waals surface area contributed by atoms with Crippen molar-refractivity contribution in [3.63, 3.8) is 0 Å². The number of anilines is 1. The van der Waals surface area contributed by atoms with E-state index in [4.69, 9.17) is 4.74 Å². The summed E-state index contributed by atoms with van der Waals surface area (Å²) < 4.78 is 29.5. The zero-order valence-corrected chi connectivity index (χ0v) is 14.5. The topological polar surface area (TPSA) is 63.7 Å². The van der Waals surface area contributed by atoms with Crippen LogP contribution in [0.1, 0.15) is 34.6 Å². The van der Waals surface area contributed by atoms with Crippen LogP contribution in [0.3, 0.4) is 0 Å². The van der Waals surface area contributed by atoms with E-state index < -0.39 is 31.8 Å². The number of carbonyl (C=O) groups is 1. The van der Waals surface area contributed by atoms with Crippen molar-refractivity contribution in [3.05, 3.63) is 24.3 Å². The molecule has 0 aliphatic carbocycles. The van der Waals surface area contributed by atoms with E-state index in [1.165, 1.54) is 4.90 Å². The number of fused-ring (bicyclic) bond motifs is 1. The third-order valence-electron chi connectivity index (χ3n) is 3.63. The number of hydrogen-bond acceptors (Lipinski definition) is 4. The first kappa shape index (κ1) is 16.8. The second-order valence-corrected chi connectivity index (χ2v) is 9.92. The Labute approximate surface area is 132 Å². The van der Waals surface area contributed by atoms with Crippen LogP contribution in [0.4, 0.5) is 5.69 Å². The summed E-state index contributed by atoms with van der Waals surface area (Å²) in [6, 6.07) is 7.19. The maximum Gasteiger partial charge on any atom is 0.242 e. The minimum atomic E-state index is -3.52. The number of para-hydroxylation sites is 2. The molecule has 0 N–H and O–H groups in total. The third-order valence-corrected chi connectivity index (χ3v) is 6.12. The minimum Gasteiger partial charge on any atom is -0.484 e. The lowest BCUT2D eigenvalue weighted by Crippen LogP contribution is -2.51. The van der Waals surface area contributed by atoms with Gasteiger partial charge < -0.3 is 9.64 Å². The molecule has 0 radical (unpaired) electrons. The van der Waals surface area contributed by atoms with Gasteiger partial charge in [-0.15, -0.1) is 0 Å². The summed E-state index contributed by atoms with van der Waals surface area (Å²) in [4.78, 5) is 14.1. The molecule has 0 saturated carbocycles. The van der Waals surface area contributed by atoms with Gasteiger partial charge in [-0.3, -0.25) is 4.79 Å². The van der Waals surface area contributed by atoms with Crippen LogP contribution in [0.15, 0.2) is 24.3 Å². The molecular weight excluding hydrogens is 302 g/mol. The van der Waals surface area contributed by atoms with E-state index in [9.17, 15) is 13.2 Å². The van der Waals surface area contributed by atoms with Crippen LogP contribution in [0.25, 0.3) is 0 Å². The van der Waals surface area contributed by atoms with E-state index in [2.05, 4.69) is 0 Å². The van der Waals surface area contributed by atoms with Gasteiger partial charge >= 0.3 is 0 Å². The number of amides is 1. The Kier molecular flexibility index (Phi) is 4.02. The lowest BCUT2D eigenvalue weighted by molar-refractivity contribution is -0.117. The summed E-state index contributed by atoms with van der Waals surface area (Å²) >= 11 is 0. The van der Waals surface area contributed by atoms with Crippen molar-refractivity contribution in [1.82, 2.24) is 0 Å². The number of benzene rings is 1. The monoisotopic (exact) mass is 325 g/mol. The molecular formula is C16H23NO4S. The highest BCUT2D eigenvalue weighted by molar-refractivity contribution is 7.93. The average molecular weight is 325 g/mol. The predicted octanol–water partition coefficient (Wildman–Crippen LogP) is 2.40. The van der Waals surface area contributed by atoms with E-state index in [1.807, 2.05) is 19.9 Å². The molecule has 1 aromatic rings. The van der Waals surface area contributed by atoms with Crippen LogP contribution in [-0.4, -0.2) is 37.0 Å². The predicted molar refractivity (Wildman–Crippen MR) is 87.0 cm³/mol. The van der Waals surface area contributed by atoms with Crippen LogP contribution < -0.4 is 9.64 Å². The fourth-order valence-electron chi connectivity index (χ4n) is 2.24. The number of sulfone groups is 1. The molecule has 1 amide bonds. The second-order valence-electron chi connectivity index (χ2n) is 7.18. The van der Waals surface area contributed by atoms with Crippen LogP contribution in [-0.2, 0) is 14.6 Å². The number of ether oxygens (including phenoxy) is 1. The summed E-state index contributed by atoms with van der Waals surface area (Å²) in [6.07, 6.45) is 0. The van der Waals surface area contributed by atoms with E-state index in [0.717, 1.165) is 0 Å². The molecule has 2 rings (SSSR count). The van der Waals surface area contributed by atoms with Crippen LogP contribution in [0.5, 0.6) is 5.75 Å². The second kappa shape index (κ2) is 5.26. The van der Waals surface area contributed by atoms with Crippen LogP contribution >= 0.6 is 0 Å². The zero-order chi connectivity index (χ0) is 16.8. The number of nitrogens with zero attached hydrogens (tertiary/aromatic N) is 1. The molecule has 5 nitrogen and oxygen atoms in total. The first-order valence-corrected chi connectivity index (χ1v) is 8.89. The Morgan fingerprint density at radius 1 is 1.27 bits per heavy atom. The quantitative estimate of drug-likeness (QED) is 0.837. The third kappa shape index (κ3) is 3.27. The molecule has 1 heterocycles. The van der Waals surface area contributed by atoms with E-state index >= 15 is 0 Å². The van der Waals surface area contributed by atoms with Crippen molar-refractivity contribution in [3.8, 4) is 5.75 Å². The van der Waals surface area contributed by atoms with Gasteiger partial charge in [-0.05, 0) is 46.8 Å². The SMILES string of the molecule is CC1(C)CN(C(=O)CS(=O)(=O)C(C)(C)C)c2ccccc2O1. The lowest BCUT2D eigenvalue weighted by Gasteiger charge is -2.39. The van der Waals surface area contributed by atoms with Crippen LogP contribution in [0.2, 0.25) is 0 Å². The van der Waals surface area contributed by atoms with Gasteiger partial charge in [-0.1, -0.05) is 12.1 Å². The Morgan fingerprint density at radius 2 is 1.86 bits per heavy atom. The first-order valence-electron chi connectivity index (χ1n) is 7.24. The van der Waals surface area contributed by atoms with Crippen molar-refractivity contribution < 1.29 is 17.9 Å².